The van der Waals surface area contributed by atoms with E-state index in [0.29, 0.717) is 35.6 Å². The summed E-state index contributed by atoms with van der Waals surface area (Å²) in [6.45, 7) is 8.93. The van der Waals surface area contributed by atoms with Gasteiger partial charge in [-0.1, -0.05) is 17.7 Å². The van der Waals surface area contributed by atoms with E-state index in [1.807, 2.05) is 13.8 Å². The van der Waals surface area contributed by atoms with E-state index in [9.17, 15) is 9.59 Å². The van der Waals surface area contributed by atoms with Crippen LogP contribution in [-0.4, -0.2) is 22.3 Å². The zero-order valence-electron chi connectivity index (χ0n) is 12.2. The number of rotatable bonds is 5. The lowest BCUT2D eigenvalue weighted by atomic mass is 10.2. The summed E-state index contributed by atoms with van der Waals surface area (Å²) in [5, 5.41) is 2.66. The van der Waals surface area contributed by atoms with Gasteiger partial charge in [-0.2, -0.15) is 4.68 Å². The average Bonchev–Trinajstić information content (AvgIpc) is 2.47. The molecule has 1 heterocycles. The number of benzene rings is 1. The summed E-state index contributed by atoms with van der Waals surface area (Å²) in [6, 6.07) is 4.94. The average molecular weight is 308 g/mol. The van der Waals surface area contributed by atoms with Gasteiger partial charge in [-0.05, 0) is 32.0 Å². The van der Waals surface area contributed by atoms with Gasteiger partial charge in [0.2, 0.25) is 0 Å². The maximum absolute atomic E-state index is 12.7. The second kappa shape index (κ2) is 6.18. The number of hydrogen-bond donors (Lipinski definition) is 0. The van der Waals surface area contributed by atoms with Gasteiger partial charge in [0.1, 0.15) is 0 Å². The van der Waals surface area contributed by atoms with Crippen molar-refractivity contribution < 1.29 is 0 Å². The lowest BCUT2D eigenvalue weighted by molar-refractivity contribution is 0.547. The van der Waals surface area contributed by atoms with Gasteiger partial charge in [-0.3, -0.25) is 9.36 Å². The molecule has 0 unspecified atom stereocenters. The van der Waals surface area contributed by atoms with Crippen LogP contribution in [0.5, 0.6) is 0 Å². The second-order valence-corrected chi connectivity index (χ2v) is 5.04. The van der Waals surface area contributed by atoms with E-state index in [1.165, 1.54) is 9.24 Å². The zero-order valence-corrected chi connectivity index (χ0v) is 12.9. The summed E-state index contributed by atoms with van der Waals surface area (Å²) < 4.78 is 2.70. The highest BCUT2D eigenvalue weighted by atomic mass is 35.5. The predicted molar refractivity (Wildman–Crippen MR) is 87.0 cm³/mol. The van der Waals surface area contributed by atoms with Gasteiger partial charge in [-0.15, -0.1) is 6.58 Å². The third-order valence-corrected chi connectivity index (χ3v) is 3.65. The van der Waals surface area contributed by atoms with Gasteiger partial charge >= 0.3 is 5.69 Å². The smallest absolute Gasteiger partial charge is 0.306 e. The minimum atomic E-state index is -0.377. The highest BCUT2D eigenvalue weighted by Crippen LogP contribution is 2.15. The van der Waals surface area contributed by atoms with Crippen molar-refractivity contribution in [1.29, 1.82) is 0 Å². The summed E-state index contributed by atoms with van der Waals surface area (Å²) in [5.41, 5.74) is -0.171. The highest BCUT2D eigenvalue weighted by Gasteiger charge is 2.15. The number of hydrogen-bond acceptors (Lipinski definition) is 3. The van der Waals surface area contributed by atoms with Crippen LogP contribution in [0, 0.1) is 0 Å². The fourth-order valence-electron chi connectivity index (χ4n) is 2.39. The Balaban J connectivity index is 2.95. The number of allylic oxidation sites excluding steroid dienone is 1. The van der Waals surface area contributed by atoms with Gasteiger partial charge in [0, 0.05) is 24.7 Å². The largest absolute Gasteiger partial charge is 0.350 e. The monoisotopic (exact) mass is 307 g/mol. The Labute approximate surface area is 127 Å². The Morgan fingerprint density at radius 3 is 2.52 bits per heavy atom. The molecule has 0 atom stereocenters. The minimum Gasteiger partial charge on any atom is -0.306 e. The van der Waals surface area contributed by atoms with Gasteiger partial charge < -0.3 is 5.01 Å². The Kier molecular flexibility index (Phi) is 4.53. The van der Waals surface area contributed by atoms with Gasteiger partial charge in [0.05, 0.1) is 10.9 Å². The van der Waals surface area contributed by atoms with Crippen LogP contribution in [0.1, 0.15) is 13.8 Å². The standard InChI is InChI=1S/C15H18ClN3O2/c1-4-9-18-13-10-11(16)7-8-12(13)14(20)19(15(18)21)17(5-2)6-3/h4,7-8,10H,1,5-6,9H2,2-3H3. The molecular weight excluding hydrogens is 290 g/mol. The first-order chi connectivity index (χ1) is 10.0. The molecule has 0 saturated carbocycles. The van der Waals surface area contributed by atoms with Crippen LogP contribution in [-0.2, 0) is 6.54 Å². The highest BCUT2D eigenvalue weighted by molar-refractivity contribution is 6.31. The first kappa shape index (κ1) is 15.4. The maximum atomic E-state index is 12.7. The number of aromatic nitrogens is 2. The molecule has 2 rings (SSSR count). The number of halogens is 1. The van der Waals surface area contributed by atoms with Crippen molar-refractivity contribution in [2.75, 3.05) is 18.1 Å². The number of fused-ring (bicyclic) bond motifs is 1. The molecule has 1 aromatic heterocycles. The quantitative estimate of drug-likeness (QED) is 0.794. The molecule has 0 spiro atoms. The fourth-order valence-corrected chi connectivity index (χ4v) is 2.56. The first-order valence-electron chi connectivity index (χ1n) is 6.86. The molecule has 0 amide bonds. The molecule has 0 aliphatic rings. The predicted octanol–water partition coefficient (Wildman–Crippen LogP) is 1.98. The van der Waals surface area contributed by atoms with Crippen LogP contribution < -0.4 is 16.3 Å². The van der Waals surface area contributed by atoms with Gasteiger partial charge in [-0.25, -0.2) is 4.79 Å². The van der Waals surface area contributed by atoms with E-state index in [0.717, 1.165) is 0 Å². The molecule has 0 bridgehead atoms. The molecule has 0 saturated heterocycles. The molecule has 21 heavy (non-hydrogen) atoms. The van der Waals surface area contributed by atoms with Crippen molar-refractivity contribution in [3.63, 3.8) is 0 Å². The molecule has 6 heteroatoms. The molecule has 0 fully saturated rings. The van der Waals surface area contributed by atoms with Gasteiger partial charge in [0.15, 0.2) is 0 Å². The summed E-state index contributed by atoms with van der Waals surface area (Å²) in [4.78, 5) is 25.3. The summed E-state index contributed by atoms with van der Waals surface area (Å²) >= 11 is 5.99. The van der Waals surface area contributed by atoms with Crippen molar-refractivity contribution in [2.45, 2.75) is 20.4 Å². The van der Waals surface area contributed by atoms with Crippen molar-refractivity contribution in [3.05, 3.63) is 56.7 Å². The molecule has 2 aromatic rings. The lowest BCUT2D eigenvalue weighted by Crippen LogP contribution is -2.52. The van der Waals surface area contributed by atoms with E-state index >= 15 is 0 Å². The van der Waals surface area contributed by atoms with E-state index in [-0.39, 0.29) is 11.2 Å². The third kappa shape index (κ3) is 2.61. The van der Waals surface area contributed by atoms with Crippen LogP contribution in [0.4, 0.5) is 0 Å². The summed E-state index contributed by atoms with van der Waals surface area (Å²) in [5.74, 6) is 0. The Morgan fingerprint density at radius 1 is 1.29 bits per heavy atom. The minimum absolute atomic E-state index is 0.317. The van der Waals surface area contributed by atoms with Crippen LogP contribution in [0.2, 0.25) is 5.02 Å². The van der Waals surface area contributed by atoms with Crippen LogP contribution in [0.15, 0.2) is 40.4 Å². The van der Waals surface area contributed by atoms with Crippen LogP contribution >= 0.6 is 11.6 Å². The zero-order chi connectivity index (χ0) is 15.6. The summed E-state index contributed by atoms with van der Waals surface area (Å²) in [7, 11) is 0. The Morgan fingerprint density at radius 2 is 1.95 bits per heavy atom. The maximum Gasteiger partial charge on any atom is 0.350 e. The second-order valence-electron chi connectivity index (χ2n) is 4.60. The van der Waals surface area contributed by atoms with Crippen molar-refractivity contribution >= 4 is 22.5 Å². The SMILES string of the molecule is C=CCn1c(=O)n(N(CC)CC)c(=O)c2ccc(Cl)cc21. The Bertz CT molecular complexity index is 788. The number of nitrogens with zero attached hydrogens (tertiary/aromatic N) is 3. The molecule has 0 radical (unpaired) electrons. The molecule has 0 aliphatic carbocycles. The lowest BCUT2D eigenvalue weighted by Gasteiger charge is -2.24. The Hall–Kier alpha value is -2.01. The fraction of sp³-hybridized carbons (Fsp3) is 0.333. The van der Waals surface area contributed by atoms with Crippen molar-refractivity contribution in [1.82, 2.24) is 9.24 Å². The molecule has 0 aliphatic heterocycles. The van der Waals surface area contributed by atoms with Gasteiger partial charge in [0.25, 0.3) is 5.56 Å². The molecular formula is C15H18ClN3O2. The molecule has 0 N–H and O–H groups in total. The van der Waals surface area contributed by atoms with Crippen LogP contribution in [0.25, 0.3) is 10.9 Å². The van der Waals surface area contributed by atoms with Crippen LogP contribution in [0.3, 0.4) is 0 Å². The van der Waals surface area contributed by atoms with E-state index in [2.05, 4.69) is 6.58 Å². The first-order valence-corrected chi connectivity index (χ1v) is 7.24. The van der Waals surface area contributed by atoms with Crippen molar-refractivity contribution in [2.24, 2.45) is 0 Å². The van der Waals surface area contributed by atoms with Crippen molar-refractivity contribution in [3.8, 4) is 0 Å². The summed E-state index contributed by atoms with van der Waals surface area (Å²) in [6.07, 6.45) is 1.62. The van der Waals surface area contributed by atoms with E-state index in [4.69, 9.17) is 11.6 Å². The third-order valence-electron chi connectivity index (χ3n) is 3.41. The normalized spacial score (nSPS) is 10.8. The molecule has 1 aromatic carbocycles. The van der Waals surface area contributed by atoms with E-state index in [1.54, 1.807) is 29.3 Å². The molecule has 112 valence electrons. The van der Waals surface area contributed by atoms with E-state index < -0.39 is 0 Å². The molecule has 5 nitrogen and oxygen atoms in total. The topological polar surface area (TPSA) is 47.2 Å².